The van der Waals surface area contributed by atoms with E-state index in [1.807, 2.05) is 13.8 Å². The molecule has 0 aromatic carbocycles. The van der Waals surface area contributed by atoms with Gasteiger partial charge in [-0.1, -0.05) is 51.7 Å². The number of hydrogen-bond donors (Lipinski definition) is 0. The summed E-state index contributed by atoms with van der Waals surface area (Å²) >= 11 is 0. The third kappa shape index (κ3) is 5.81. The highest BCUT2D eigenvalue weighted by Crippen LogP contribution is 2.31. The topological polar surface area (TPSA) is 26.3 Å². The van der Waals surface area contributed by atoms with E-state index in [9.17, 15) is 4.79 Å². The molecule has 0 saturated carbocycles. The first-order valence-corrected chi connectivity index (χ1v) is 7.42. The summed E-state index contributed by atoms with van der Waals surface area (Å²) in [6, 6.07) is 0. The van der Waals surface area contributed by atoms with Gasteiger partial charge in [0, 0.05) is 6.61 Å². The van der Waals surface area contributed by atoms with E-state index in [4.69, 9.17) is 4.74 Å². The van der Waals surface area contributed by atoms with Crippen LogP contribution in [0, 0.1) is 5.41 Å². The Labute approximate surface area is 113 Å². The molecular weight excluding hydrogens is 224 g/mol. The van der Waals surface area contributed by atoms with E-state index >= 15 is 0 Å². The van der Waals surface area contributed by atoms with Crippen LogP contribution in [0.15, 0.2) is 12.2 Å². The fourth-order valence-corrected chi connectivity index (χ4v) is 2.13. The van der Waals surface area contributed by atoms with Crippen LogP contribution < -0.4 is 0 Å². The maximum absolute atomic E-state index is 11.6. The Morgan fingerprint density at radius 3 is 2.33 bits per heavy atom. The van der Waals surface area contributed by atoms with Crippen molar-refractivity contribution >= 4 is 6.29 Å². The summed E-state index contributed by atoms with van der Waals surface area (Å²) in [5.74, 6) is 0. The van der Waals surface area contributed by atoms with Gasteiger partial charge in [-0.2, -0.15) is 0 Å². The van der Waals surface area contributed by atoms with Crippen LogP contribution in [0.4, 0.5) is 0 Å². The second-order valence-electron chi connectivity index (χ2n) is 4.98. The molecule has 2 atom stereocenters. The highest BCUT2D eigenvalue weighted by molar-refractivity contribution is 5.63. The smallest absolute Gasteiger partial charge is 0.132 e. The fourth-order valence-electron chi connectivity index (χ4n) is 2.13. The predicted octanol–water partition coefficient (Wildman–Crippen LogP) is 4.53. The van der Waals surface area contributed by atoms with Crippen molar-refractivity contribution in [3.05, 3.63) is 12.2 Å². The van der Waals surface area contributed by atoms with E-state index in [0.29, 0.717) is 6.61 Å². The molecule has 0 unspecified atom stereocenters. The SMILES string of the molecule is CCCC/C=C/[C@@](C=O)(CCCC)[C@@H](C)OCC. The van der Waals surface area contributed by atoms with E-state index < -0.39 is 5.41 Å². The molecule has 0 aromatic heterocycles. The van der Waals surface area contributed by atoms with Crippen molar-refractivity contribution in [2.75, 3.05) is 6.61 Å². The van der Waals surface area contributed by atoms with Gasteiger partial charge in [0.15, 0.2) is 0 Å². The average Bonchev–Trinajstić information content (AvgIpc) is 2.39. The molecule has 0 heterocycles. The first-order valence-electron chi connectivity index (χ1n) is 7.42. The summed E-state index contributed by atoms with van der Waals surface area (Å²) in [5.41, 5.74) is -0.431. The number of ether oxygens (including phenoxy) is 1. The molecule has 106 valence electrons. The Balaban J connectivity index is 4.73. The van der Waals surface area contributed by atoms with Gasteiger partial charge in [-0.15, -0.1) is 0 Å². The Morgan fingerprint density at radius 1 is 1.17 bits per heavy atom. The van der Waals surface area contributed by atoms with E-state index in [-0.39, 0.29) is 6.10 Å². The molecule has 18 heavy (non-hydrogen) atoms. The summed E-state index contributed by atoms with van der Waals surface area (Å²) in [7, 11) is 0. The van der Waals surface area contributed by atoms with Crippen LogP contribution in [0.2, 0.25) is 0 Å². The molecule has 0 aliphatic carbocycles. The first kappa shape index (κ1) is 17.4. The number of carbonyl (C=O) groups is 1. The van der Waals surface area contributed by atoms with Gasteiger partial charge < -0.3 is 9.53 Å². The summed E-state index contributed by atoms with van der Waals surface area (Å²) < 4.78 is 5.67. The maximum Gasteiger partial charge on any atom is 0.132 e. The zero-order valence-corrected chi connectivity index (χ0v) is 12.6. The van der Waals surface area contributed by atoms with Gasteiger partial charge in [-0.3, -0.25) is 0 Å². The number of hydrogen-bond acceptors (Lipinski definition) is 2. The first-order chi connectivity index (χ1) is 8.66. The molecule has 0 saturated heterocycles. The standard InChI is InChI=1S/C16H30O2/c1-5-8-10-11-13-16(14-17,12-9-6-2)15(4)18-7-3/h11,13-15H,5-10,12H2,1-4H3/b13-11+/t15-,16-/m1/s1. The third-order valence-electron chi connectivity index (χ3n) is 3.51. The van der Waals surface area contributed by atoms with E-state index in [1.165, 1.54) is 12.8 Å². The van der Waals surface area contributed by atoms with Gasteiger partial charge >= 0.3 is 0 Å². The third-order valence-corrected chi connectivity index (χ3v) is 3.51. The zero-order chi connectivity index (χ0) is 13.9. The minimum absolute atomic E-state index is 0.0376. The molecule has 0 aliphatic heterocycles. The largest absolute Gasteiger partial charge is 0.377 e. The second kappa shape index (κ2) is 10.3. The van der Waals surface area contributed by atoms with Crippen LogP contribution in [0.1, 0.15) is 66.2 Å². The van der Waals surface area contributed by atoms with Gasteiger partial charge in [0.05, 0.1) is 11.5 Å². The molecule has 0 N–H and O–H groups in total. The number of unbranched alkanes of at least 4 members (excludes halogenated alkanes) is 3. The van der Waals surface area contributed by atoms with Crippen molar-refractivity contribution < 1.29 is 9.53 Å². The van der Waals surface area contributed by atoms with Crippen LogP contribution in [-0.4, -0.2) is 19.0 Å². The second-order valence-corrected chi connectivity index (χ2v) is 4.98. The highest BCUT2D eigenvalue weighted by Gasteiger charge is 2.33. The van der Waals surface area contributed by atoms with Gasteiger partial charge in [-0.25, -0.2) is 0 Å². The number of aldehydes is 1. The quantitative estimate of drug-likeness (QED) is 0.307. The maximum atomic E-state index is 11.6. The monoisotopic (exact) mass is 254 g/mol. The molecule has 0 fully saturated rings. The normalized spacial score (nSPS) is 16.7. The lowest BCUT2D eigenvalue weighted by molar-refractivity contribution is -0.121. The van der Waals surface area contributed by atoms with E-state index in [0.717, 1.165) is 32.0 Å². The lowest BCUT2D eigenvalue weighted by Crippen LogP contribution is -2.35. The lowest BCUT2D eigenvalue weighted by Gasteiger charge is -2.31. The molecule has 0 spiro atoms. The predicted molar refractivity (Wildman–Crippen MR) is 77.8 cm³/mol. The molecule has 0 rings (SSSR count). The average molecular weight is 254 g/mol. The van der Waals surface area contributed by atoms with Gasteiger partial charge in [0.1, 0.15) is 6.29 Å². The number of carbonyl (C=O) groups excluding carboxylic acids is 1. The van der Waals surface area contributed by atoms with Crippen molar-refractivity contribution in [3.63, 3.8) is 0 Å². The Bertz CT molecular complexity index is 235. The molecule has 0 aromatic rings. The zero-order valence-electron chi connectivity index (χ0n) is 12.6. The van der Waals surface area contributed by atoms with Crippen LogP contribution in [0.5, 0.6) is 0 Å². The molecule has 0 radical (unpaired) electrons. The van der Waals surface area contributed by atoms with Crippen molar-refractivity contribution in [1.29, 1.82) is 0 Å². The summed E-state index contributed by atoms with van der Waals surface area (Å²) in [6.45, 7) is 8.98. The summed E-state index contributed by atoms with van der Waals surface area (Å²) in [6.07, 6.45) is 11.8. The van der Waals surface area contributed by atoms with Crippen molar-refractivity contribution in [3.8, 4) is 0 Å². The van der Waals surface area contributed by atoms with Crippen molar-refractivity contribution in [1.82, 2.24) is 0 Å². The minimum Gasteiger partial charge on any atom is -0.377 e. The van der Waals surface area contributed by atoms with Gasteiger partial charge in [0.2, 0.25) is 0 Å². The van der Waals surface area contributed by atoms with Crippen molar-refractivity contribution in [2.45, 2.75) is 72.3 Å². The van der Waals surface area contributed by atoms with E-state index in [2.05, 4.69) is 26.0 Å². The van der Waals surface area contributed by atoms with E-state index in [1.54, 1.807) is 0 Å². The molecule has 2 heteroatoms. The van der Waals surface area contributed by atoms with Gasteiger partial charge in [-0.05, 0) is 26.7 Å². The van der Waals surface area contributed by atoms with Crippen LogP contribution in [0.25, 0.3) is 0 Å². The van der Waals surface area contributed by atoms with Gasteiger partial charge in [0.25, 0.3) is 0 Å². The van der Waals surface area contributed by atoms with Crippen LogP contribution in [0.3, 0.4) is 0 Å². The Hall–Kier alpha value is -0.630. The Morgan fingerprint density at radius 2 is 1.83 bits per heavy atom. The fraction of sp³-hybridized carbons (Fsp3) is 0.812. The van der Waals surface area contributed by atoms with Crippen LogP contribution in [-0.2, 0) is 9.53 Å². The summed E-state index contributed by atoms with van der Waals surface area (Å²) in [4.78, 5) is 11.6. The minimum atomic E-state index is -0.431. The molecule has 2 nitrogen and oxygen atoms in total. The number of rotatable bonds is 11. The molecule has 0 aliphatic rings. The van der Waals surface area contributed by atoms with Crippen molar-refractivity contribution in [2.24, 2.45) is 5.41 Å². The Kier molecular flexibility index (Phi) is 9.95. The van der Waals surface area contributed by atoms with Crippen LogP contribution >= 0.6 is 0 Å². The summed E-state index contributed by atoms with van der Waals surface area (Å²) in [5, 5.41) is 0. The lowest BCUT2D eigenvalue weighted by atomic mass is 9.79. The molecule has 0 bridgehead atoms. The highest BCUT2D eigenvalue weighted by atomic mass is 16.5. The molecular formula is C16H30O2. The number of allylic oxidation sites excluding steroid dienone is 1. The molecule has 0 amide bonds.